The molecule has 0 aliphatic heterocycles. The Labute approximate surface area is 163 Å². The summed E-state index contributed by atoms with van der Waals surface area (Å²) in [5, 5.41) is 6.16. The van der Waals surface area contributed by atoms with Crippen molar-refractivity contribution >= 4 is 35.8 Å². The lowest BCUT2D eigenvalue weighted by Crippen LogP contribution is -2.42. The van der Waals surface area contributed by atoms with Gasteiger partial charge in [0.25, 0.3) is 0 Å². The SMILES string of the molecule is CCNC(=O)C(C)(C)CN=C(NCC)N(C)Cc1ccccc1.I. The van der Waals surface area contributed by atoms with E-state index in [1.165, 1.54) is 5.56 Å². The van der Waals surface area contributed by atoms with Crippen LogP contribution in [0.25, 0.3) is 0 Å². The predicted molar refractivity (Wildman–Crippen MR) is 112 cm³/mol. The normalized spacial score (nSPS) is 11.5. The molecule has 0 atom stereocenters. The molecule has 0 aliphatic carbocycles. The number of carbonyl (C=O) groups excluding carboxylic acids is 1. The van der Waals surface area contributed by atoms with Crippen molar-refractivity contribution in [1.82, 2.24) is 15.5 Å². The van der Waals surface area contributed by atoms with Crippen LogP contribution in [0.5, 0.6) is 0 Å². The number of nitrogens with one attached hydrogen (secondary N) is 2. The van der Waals surface area contributed by atoms with Gasteiger partial charge in [0.05, 0.1) is 12.0 Å². The highest BCUT2D eigenvalue weighted by atomic mass is 127. The first-order valence-electron chi connectivity index (χ1n) is 8.22. The molecule has 1 rings (SSSR count). The monoisotopic (exact) mass is 446 g/mol. The minimum absolute atomic E-state index is 0. The third kappa shape index (κ3) is 7.51. The number of halogens is 1. The molecule has 1 amide bonds. The Morgan fingerprint density at radius 3 is 2.25 bits per heavy atom. The molecular formula is C18H31IN4O. The van der Waals surface area contributed by atoms with E-state index < -0.39 is 5.41 Å². The van der Waals surface area contributed by atoms with E-state index in [1.807, 2.05) is 52.9 Å². The van der Waals surface area contributed by atoms with Gasteiger partial charge in [0.1, 0.15) is 0 Å². The smallest absolute Gasteiger partial charge is 0.227 e. The minimum Gasteiger partial charge on any atom is -0.357 e. The lowest BCUT2D eigenvalue weighted by Gasteiger charge is -2.25. The van der Waals surface area contributed by atoms with Crippen LogP contribution >= 0.6 is 24.0 Å². The van der Waals surface area contributed by atoms with Crippen molar-refractivity contribution in [1.29, 1.82) is 0 Å². The van der Waals surface area contributed by atoms with Gasteiger partial charge in [-0.05, 0) is 33.3 Å². The van der Waals surface area contributed by atoms with Gasteiger partial charge >= 0.3 is 0 Å². The fraction of sp³-hybridized carbons (Fsp3) is 0.556. The lowest BCUT2D eigenvalue weighted by molar-refractivity contribution is -0.128. The molecule has 0 spiro atoms. The Hall–Kier alpha value is -1.31. The number of hydrogen-bond donors (Lipinski definition) is 2. The van der Waals surface area contributed by atoms with Gasteiger partial charge in [0.2, 0.25) is 5.91 Å². The van der Waals surface area contributed by atoms with Crippen LogP contribution < -0.4 is 10.6 Å². The molecule has 0 heterocycles. The highest BCUT2D eigenvalue weighted by Crippen LogP contribution is 2.16. The number of guanidine groups is 1. The Morgan fingerprint density at radius 2 is 1.71 bits per heavy atom. The fourth-order valence-corrected chi connectivity index (χ4v) is 2.15. The molecule has 6 heteroatoms. The van der Waals surface area contributed by atoms with Gasteiger partial charge in [-0.15, -0.1) is 24.0 Å². The maximum Gasteiger partial charge on any atom is 0.227 e. The summed E-state index contributed by atoms with van der Waals surface area (Å²) in [6, 6.07) is 10.3. The van der Waals surface area contributed by atoms with Crippen molar-refractivity contribution in [3.8, 4) is 0 Å². The van der Waals surface area contributed by atoms with E-state index in [2.05, 4.69) is 32.7 Å². The third-order valence-corrected chi connectivity index (χ3v) is 3.54. The van der Waals surface area contributed by atoms with Crippen LogP contribution in [0.4, 0.5) is 0 Å². The Kier molecular flexibility index (Phi) is 10.7. The van der Waals surface area contributed by atoms with Crippen LogP contribution in [-0.4, -0.2) is 43.4 Å². The summed E-state index contributed by atoms with van der Waals surface area (Å²) in [6.07, 6.45) is 0. The van der Waals surface area contributed by atoms with E-state index in [1.54, 1.807) is 0 Å². The fourth-order valence-electron chi connectivity index (χ4n) is 2.15. The van der Waals surface area contributed by atoms with Crippen LogP contribution in [0.3, 0.4) is 0 Å². The van der Waals surface area contributed by atoms with Gasteiger partial charge < -0.3 is 15.5 Å². The van der Waals surface area contributed by atoms with Gasteiger partial charge in [-0.25, -0.2) is 0 Å². The van der Waals surface area contributed by atoms with Crippen molar-refractivity contribution in [2.45, 2.75) is 34.2 Å². The summed E-state index contributed by atoms with van der Waals surface area (Å²) in [6.45, 7) is 10.5. The molecule has 2 N–H and O–H groups in total. The van der Waals surface area contributed by atoms with Crippen LogP contribution in [0.1, 0.15) is 33.3 Å². The number of amides is 1. The molecule has 0 radical (unpaired) electrons. The maximum atomic E-state index is 12.1. The number of benzene rings is 1. The Bertz CT molecular complexity index is 517. The molecule has 24 heavy (non-hydrogen) atoms. The second-order valence-corrected chi connectivity index (χ2v) is 6.26. The molecule has 136 valence electrons. The molecule has 0 bridgehead atoms. The standard InChI is InChI=1S/C18H30N4O.HI/c1-6-19-16(23)18(3,4)14-21-17(20-7-2)22(5)13-15-11-9-8-10-12-15;/h8-12H,6-7,13-14H2,1-5H3,(H,19,23)(H,20,21);1H. The maximum absolute atomic E-state index is 12.1. The average molecular weight is 446 g/mol. The summed E-state index contributed by atoms with van der Waals surface area (Å²) in [5.41, 5.74) is 0.702. The lowest BCUT2D eigenvalue weighted by atomic mass is 9.92. The van der Waals surface area contributed by atoms with Gasteiger partial charge in [0, 0.05) is 26.7 Å². The molecular weight excluding hydrogens is 415 g/mol. The molecule has 1 aromatic carbocycles. The summed E-state index contributed by atoms with van der Waals surface area (Å²) in [4.78, 5) is 18.8. The summed E-state index contributed by atoms with van der Waals surface area (Å²) < 4.78 is 0. The summed E-state index contributed by atoms with van der Waals surface area (Å²) >= 11 is 0. The molecule has 0 unspecified atom stereocenters. The second kappa shape index (κ2) is 11.3. The topological polar surface area (TPSA) is 56.7 Å². The van der Waals surface area contributed by atoms with E-state index in [0.717, 1.165) is 19.0 Å². The highest BCUT2D eigenvalue weighted by Gasteiger charge is 2.27. The molecule has 0 saturated heterocycles. The Balaban J connectivity index is 0.00000529. The van der Waals surface area contributed by atoms with Gasteiger partial charge in [0.15, 0.2) is 5.96 Å². The quantitative estimate of drug-likeness (QED) is 0.385. The number of carbonyl (C=O) groups is 1. The van der Waals surface area contributed by atoms with E-state index in [0.29, 0.717) is 13.1 Å². The zero-order valence-corrected chi connectivity index (χ0v) is 17.8. The largest absolute Gasteiger partial charge is 0.357 e. The van der Waals surface area contributed by atoms with Crippen LogP contribution in [0, 0.1) is 5.41 Å². The number of hydrogen-bond acceptors (Lipinski definition) is 2. The van der Waals surface area contributed by atoms with Crippen molar-refractivity contribution in [3.05, 3.63) is 35.9 Å². The molecule has 0 saturated carbocycles. The van der Waals surface area contributed by atoms with E-state index in [-0.39, 0.29) is 29.9 Å². The third-order valence-electron chi connectivity index (χ3n) is 3.54. The van der Waals surface area contributed by atoms with Crippen molar-refractivity contribution in [3.63, 3.8) is 0 Å². The summed E-state index contributed by atoms with van der Waals surface area (Å²) in [5.74, 6) is 0.846. The van der Waals surface area contributed by atoms with Gasteiger partial charge in [-0.1, -0.05) is 30.3 Å². The first-order chi connectivity index (χ1) is 10.9. The van der Waals surface area contributed by atoms with Crippen LogP contribution in [0.2, 0.25) is 0 Å². The minimum atomic E-state index is -0.524. The van der Waals surface area contributed by atoms with Crippen molar-refractivity contribution in [2.75, 3.05) is 26.7 Å². The molecule has 0 aromatic heterocycles. The second-order valence-electron chi connectivity index (χ2n) is 6.26. The molecule has 0 fully saturated rings. The van der Waals surface area contributed by atoms with Crippen molar-refractivity contribution in [2.24, 2.45) is 10.4 Å². The van der Waals surface area contributed by atoms with Crippen molar-refractivity contribution < 1.29 is 4.79 Å². The zero-order chi connectivity index (χ0) is 17.3. The average Bonchev–Trinajstić information content (AvgIpc) is 2.52. The van der Waals surface area contributed by atoms with Gasteiger partial charge in [-0.3, -0.25) is 9.79 Å². The predicted octanol–water partition coefficient (Wildman–Crippen LogP) is 2.86. The van der Waals surface area contributed by atoms with Crippen LogP contribution in [-0.2, 0) is 11.3 Å². The summed E-state index contributed by atoms with van der Waals surface area (Å²) in [7, 11) is 2.01. The van der Waals surface area contributed by atoms with E-state index in [4.69, 9.17) is 0 Å². The molecule has 5 nitrogen and oxygen atoms in total. The number of rotatable bonds is 7. The first kappa shape index (κ1) is 22.7. The Morgan fingerprint density at radius 1 is 1.12 bits per heavy atom. The molecule has 0 aliphatic rings. The zero-order valence-electron chi connectivity index (χ0n) is 15.4. The highest BCUT2D eigenvalue weighted by molar-refractivity contribution is 14.0. The molecule has 1 aromatic rings. The van der Waals surface area contributed by atoms with Gasteiger partial charge in [-0.2, -0.15) is 0 Å². The number of nitrogens with zero attached hydrogens (tertiary/aromatic N) is 2. The first-order valence-corrected chi connectivity index (χ1v) is 8.22. The van der Waals surface area contributed by atoms with E-state index in [9.17, 15) is 4.79 Å². The van der Waals surface area contributed by atoms with Crippen LogP contribution in [0.15, 0.2) is 35.3 Å². The number of aliphatic imine (C=N–C) groups is 1. The van der Waals surface area contributed by atoms with E-state index >= 15 is 0 Å².